The van der Waals surface area contributed by atoms with E-state index in [1.54, 1.807) is 29.1 Å². The number of hydrogen-bond acceptors (Lipinski definition) is 2. The zero-order chi connectivity index (χ0) is 18.0. The van der Waals surface area contributed by atoms with Crippen molar-refractivity contribution < 1.29 is 21.6 Å². The Labute approximate surface area is 143 Å². The molecule has 0 saturated heterocycles. The maximum atomic E-state index is 13.2. The average molecular weight is 378 g/mol. The van der Waals surface area contributed by atoms with E-state index >= 15 is 0 Å². The Kier molecular flexibility index (Phi) is 5.45. The van der Waals surface area contributed by atoms with Crippen LogP contribution in [0.3, 0.4) is 0 Å². The molecule has 0 saturated carbocycles. The van der Waals surface area contributed by atoms with E-state index in [1.807, 2.05) is 6.08 Å². The van der Waals surface area contributed by atoms with Gasteiger partial charge >= 0.3 is 6.18 Å². The smallest absolute Gasteiger partial charge is 0.350 e. The molecule has 0 amide bonds. The fourth-order valence-corrected chi connectivity index (χ4v) is 3.25. The molecule has 130 valence electrons. The minimum absolute atomic E-state index is 0.301. The molecule has 0 N–H and O–H groups in total. The minimum Gasteiger partial charge on any atom is -0.350 e. The Hall–Kier alpha value is -1.73. The number of hydrogen-bond donors (Lipinski definition) is 0. The lowest BCUT2D eigenvalue weighted by Crippen LogP contribution is -2.12. The first kappa shape index (κ1) is 18.6. The summed E-state index contributed by atoms with van der Waals surface area (Å²) in [6.07, 6.45) is 3.03. The van der Waals surface area contributed by atoms with Crippen LogP contribution in [0, 0.1) is 0 Å². The molecule has 0 unspecified atom stereocenters. The molecular formula is C16H15ClF3NO2S. The Morgan fingerprint density at radius 3 is 2.46 bits per heavy atom. The van der Waals surface area contributed by atoms with Gasteiger partial charge in [-0.15, -0.1) is 11.6 Å². The first-order chi connectivity index (χ1) is 11.1. The molecular weight excluding hydrogens is 363 g/mol. The first-order valence-electron chi connectivity index (χ1n) is 6.91. The maximum absolute atomic E-state index is 13.2. The number of alkyl halides is 4. The quantitative estimate of drug-likeness (QED) is 0.573. The van der Waals surface area contributed by atoms with E-state index in [9.17, 15) is 21.6 Å². The third kappa shape index (κ3) is 4.42. The van der Waals surface area contributed by atoms with Gasteiger partial charge in [-0.1, -0.05) is 18.2 Å². The third-order valence-electron chi connectivity index (χ3n) is 3.34. The van der Waals surface area contributed by atoms with E-state index in [4.69, 9.17) is 11.6 Å². The molecule has 1 heterocycles. The van der Waals surface area contributed by atoms with Gasteiger partial charge in [-0.3, -0.25) is 0 Å². The van der Waals surface area contributed by atoms with Gasteiger partial charge in [0.1, 0.15) is 0 Å². The van der Waals surface area contributed by atoms with Crippen molar-refractivity contribution in [2.75, 3.05) is 12.1 Å². The average Bonchev–Trinajstić information content (AvgIpc) is 2.94. The predicted molar refractivity (Wildman–Crippen MR) is 87.8 cm³/mol. The van der Waals surface area contributed by atoms with Gasteiger partial charge in [0, 0.05) is 31.1 Å². The second-order valence-corrected chi connectivity index (χ2v) is 7.50. The zero-order valence-electron chi connectivity index (χ0n) is 12.7. The van der Waals surface area contributed by atoms with Gasteiger partial charge in [0.2, 0.25) is 0 Å². The predicted octanol–water partition coefficient (Wildman–Crippen LogP) is 4.37. The summed E-state index contributed by atoms with van der Waals surface area (Å²) in [6, 6.07) is 4.91. The van der Waals surface area contributed by atoms with Crippen LogP contribution >= 0.6 is 11.6 Å². The monoisotopic (exact) mass is 377 g/mol. The van der Waals surface area contributed by atoms with Crippen LogP contribution in [0.25, 0.3) is 11.1 Å². The lowest BCUT2D eigenvalue weighted by molar-refractivity contribution is -0.139. The molecule has 0 aliphatic carbocycles. The van der Waals surface area contributed by atoms with Crippen molar-refractivity contribution in [3.63, 3.8) is 0 Å². The Morgan fingerprint density at radius 2 is 1.88 bits per heavy atom. The molecule has 0 bridgehead atoms. The minimum atomic E-state index is -4.75. The molecule has 24 heavy (non-hydrogen) atoms. The standard InChI is InChI=1S/C16H15ClF3NO2S/c1-24(22,23)15-5-4-12(10-14(15)16(18,19)20)13-6-9-21(11-13)8-3-2-7-17/h2-6,9-11H,7-8H2,1H3/b3-2-. The molecule has 8 heteroatoms. The summed E-state index contributed by atoms with van der Waals surface area (Å²) in [7, 11) is -3.97. The lowest BCUT2D eigenvalue weighted by Gasteiger charge is -2.13. The number of allylic oxidation sites excluding steroid dienone is 2. The highest BCUT2D eigenvalue weighted by Crippen LogP contribution is 2.37. The first-order valence-corrected chi connectivity index (χ1v) is 9.34. The lowest BCUT2D eigenvalue weighted by atomic mass is 10.1. The second-order valence-electron chi connectivity index (χ2n) is 5.20. The van der Waals surface area contributed by atoms with Crippen molar-refractivity contribution in [1.82, 2.24) is 4.57 Å². The van der Waals surface area contributed by atoms with Gasteiger partial charge in [0.05, 0.1) is 10.5 Å². The summed E-state index contributed by atoms with van der Waals surface area (Å²) in [5.74, 6) is 0.385. The van der Waals surface area contributed by atoms with E-state index in [0.29, 0.717) is 23.6 Å². The number of sulfone groups is 1. The molecule has 0 spiro atoms. The van der Waals surface area contributed by atoms with Crippen molar-refractivity contribution in [1.29, 1.82) is 0 Å². The Balaban J connectivity index is 2.44. The largest absolute Gasteiger partial charge is 0.417 e. The van der Waals surface area contributed by atoms with Crippen LogP contribution in [0.15, 0.2) is 53.7 Å². The molecule has 0 aliphatic heterocycles. The van der Waals surface area contributed by atoms with Crippen molar-refractivity contribution in [2.45, 2.75) is 17.6 Å². The number of benzene rings is 1. The van der Waals surface area contributed by atoms with E-state index in [-0.39, 0.29) is 0 Å². The fraction of sp³-hybridized carbons (Fsp3) is 0.250. The van der Waals surface area contributed by atoms with Gasteiger partial charge in [0.15, 0.2) is 9.84 Å². The maximum Gasteiger partial charge on any atom is 0.417 e. The van der Waals surface area contributed by atoms with E-state index in [0.717, 1.165) is 18.4 Å². The van der Waals surface area contributed by atoms with Crippen LogP contribution in [-0.2, 0) is 22.6 Å². The van der Waals surface area contributed by atoms with Crippen molar-refractivity contribution in [3.8, 4) is 11.1 Å². The molecule has 0 fully saturated rings. The van der Waals surface area contributed by atoms with Crippen LogP contribution in [0.5, 0.6) is 0 Å². The van der Waals surface area contributed by atoms with Gasteiger partial charge in [-0.25, -0.2) is 8.42 Å². The number of rotatable bonds is 5. The summed E-state index contributed by atoms with van der Waals surface area (Å²) >= 11 is 5.53. The van der Waals surface area contributed by atoms with Gasteiger partial charge in [-0.2, -0.15) is 13.2 Å². The van der Waals surface area contributed by atoms with Crippen molar-refractivity contribution >= 4 is 21.4 Å². The summed E-state index contributed by atoms with van der Waals surface area (Å²) in [4.78, 5) is -0.719. The SMILES string of the molecule is CS(=O)(=O)c1ccc(-c2ccn(C/C=C\CCl)c2)cc1C(F)(F)F. The summed E-state index contributed by atoms with van der Waals surface area (Å²) in [6.45, 7) is 0.542. The molecule has 2 aromatic rings. The van der Waals surface area contributed by atoms with Crippen LogP contribution in [0.4, 0.5) is 13.2 Å². The normalized spacial score (nSPS) is 12.9. The molecule has 3 nitrogen and oxygen atoms in total. The Morgan fingerprint density at radius 1 is 1.17 bits per heavy atom. The number of halogens is 4. The van der Waals surface area contributed by atoms with Crippen molar-refractivity contribution in [2.24, 2.45) is 0 Å². The molecule has 0 radical (unpaired) electrons. The summed E-state index contributed by atoms with van der Waals surface area (Å²) in [5, 5.41) is 0. The molecule has 0 atom stereocenters. The third-order valence-corrected chi connectivity index (χ3v) is 4.67. The van der Waals surface area contributed by atoms with E-state index in [2.05, 4.69) is 0 Å². The summed E-state index contributed by atoms with van der Waals surface area (Å²) in [5.41, 5.74) is -0.285. The molecule has 1 aromatic heterocycles. The molecule has 0 aliphatic rings. The highest BCUT2D eigenvalue weighted by molar-refractivity contribution is 7.90. The van der Waals surface area contributed by atoms with Gasteiger partial charge in [-0.05, 0) is 29.3 Å². The van der Waals surface area contributed by atoms with Crippen molar-refractivity contribution in [3.05, 3.63) is 54.4 Å². The van der Waals surface area contributed by atoms with Crippen LogP contribution in [-0.4, -0.2) is 25.1 Å². The summed E-state index contributed by atoms with van der Waals surface area (Å²) < 4.78 is 64.5. The van der Waals surface area contributed by atoms with Crippen LogP contribution in [0.1, 0.15) is 5.56 Å². The fourth-order valence-electron chi connectivity index (χ4n) is 2.24. The molecule has 2 rings (SSSR count). The topological polar surface area (TPSA) is 39.1 Å². The highest BCUT2D eigenvalue weighted by atomic mass is 35.5. The van der Waals surface area contributed by atoms with E-state index in [1.165, 1.54) is 6.07 Å². The number of nitrogens with zero attached hydrogens (tertiary/aromatic N) is 1. The van der Waals surface area contributed by atoms with Crippen LogP contribution in [0.2, 0.25) is 0 Å². The zero-order valence-corrected chi connectivity index (χ0v) is 14.3. The Bertz CT molecular complexity index is 854. The molecule has 1 aromatic carbocycles. The second kappa shape index (κ2) is 7.03. The van der Waals surface area contributed by atoms with Gasteiger partial charge in [0.25, 0.3) is 0 Å². The van der Waals surface area contributed by atoms with Crippen LogP contribution < -0.4 is 0 Å². The van der Waals surface area contributed by atoms with Gasteiger partial charge < -0.3 is 4.57 Å². The van der Waals surface area contributed by atoms with E-state index < -0.39 is 26.5 Å². The number of aromatic nitrogens is 1. The highest BCUT2D eigenvalue weighted by Gasteiger charge is 2.36.